The Hall–Kier alpha value is -1.83. The molecule has 1 aromatic rings. The van der Waals surface area contributed by atoms with Gasteiger partial charge in [0, 0.05) is 38.9 Å². The molecule has 110 valence electrons. The largest absolute Gasteiger partial charge is 0.471 e. The van der Waals surface area contributed by atoms with E-state index < -0.39 is 12.1 Å². The third-order valence-electron chi connectivity index (χ3n) is 3.18. The highest BCUT2D eigenvalue weighted by molar-refractivity contribution is 5.82. The lowest BCUT2D eigenvalue weighted by atomic mass is 10.2. The summed E-state index contributed by atoms with van der Waals surface area (Å²) in [5.41, 5.74) is 6.35. The third kappa shape index (κ3) is 3.19. The van der Waals surface area contributed by atoms with Gasteiger partial charge >= 0.3 is 12.1 Å². The van der Waals surface area contributed by atoms with Crippen LogP contribution in [0, 0.1) is 0 Å². The first-order chi connectivity index (χ1) is 9.41. The fourth-order valence-corrected chi connectivity index (χ4v) is 2.04. The van der Waals surface area contributed by atoms with E-state index in [1.807, 2.05) is 11.0 Å². The maximum atomic E-state index is 12.3. The lowest BCUT2D eigenvalue weighted by Crippen LogP contribution is -2.52. The van der Waals surface area contributed by atoms with Crippen LogP contribution in [0.3, 0.4) is 0 Å². The number of halogens is 3. The summed E-state index contributed by atoms with van der Waals surface area (Å²) in [6, 6.07) is 3.61. The van der Waals surface area contributed by atoms with E-state index in [0.717, 1.165) is 10.5 Å². The summed E-state index contributed by atoms with van der Waals surface area (Å²) in [5.74, 6) is -1.09. The molecular weight excluding hydrogens is 273 g/mol. The molecule has 1 amide bonds. The Morgan fingerprint density at radius 2 is 1.90 bits per heavy atom. The average Bonchev–Trinajstić information content (AvgIpc) is 2.46. The van der Waals surface area contributed by atoms with E-state index in [2.05, 4.69) is 4.98 Å². The van der Waals surface area contributed by atoms with Gasteiger partial charge in [-0.1, -0.05) is 6.07 Å². The van der Waals surface area contributed by atoms with Crippen molar-refractivity contribution in [2.45, 2.75) is 12.7 Å². The second-order valence-corrected chi connectivity index (χ2v) is 4.51. The fourth-order valence-electron chi connectivity index (χ4n) is 2.04. The van der Waals surface area contributed by atoms with Gasteiger partial charge in [-0.15, -0.1) is 0 Å². The SMILES string of the molecule is NCc1ccc(N2CCN(C(=O)C(F)(F)F)CC2)nc1. The molecule has 1 aromatic heterocycles. The predicted molar refractivity (Wildman–Crippen MR) is 67.0 cm³/mol. The minimum atomic E-state index is -4.80. The summed E-state index contributed by atoms with van der Waals surface area (Å²) in [6.07, 6.45) is -3.16. The van der Waals surface area contributed by atoms with Gasteiger partial charge in [-0.25, -0.2) is 4.98 Å². The van der Waals surface area contributed by atoms with Crippen LogP contribution >= 0.6 is 0 Å². The van der Waals surface area contributed by atoms with Crippen LogP contribution in [0.15, 0.2) is 18.3 Å². The highest BCUT2D eigenvalue weighted by atomic mass is 19.4. The zero-order valence-corrected chi connectivity index (χ0v) is 10.7. The Morgan fingerprint density at radius 3 is 2.35 bits per heavy atom. The number of alkyl halides is 3. The van der Waals surface area contributed by atoms with Crippen molar-refractivity contribution in [3.63, 3.8) is 0 Å². The highest BCUT2D eigenvalue weighted by Gasteiger charge is 2.43. The lowest BCUT2D eigenvalue weighted by molar-refractivity contribution is -0.185. The predicted octanol–water partition coefficient (Wildman–Crippen LogP) is 0.751. The Morgan fingerprint density at radius 1 is 1.25 bits per heavy atom. The Kier molecular flexibility index (Phi) is 4.12. The Balaban J connectivity index is 1.95. The molecule has 8 heteroatoms. The molecule has 1 saturated heterocycles. The number of aromatic nitrogens is 1. The molecule has 1 aliphatic heterocycles. The summed E-state index contributed by atoms with van der Waals surface area (Å²) in [4.78, 5) is 18.0. The number of nitrogens with two attached hydrogens (primary N) is 1. The van der Waals surface area contributed by atoms with E-state index in [4.69, 9.17) is 5.73 Å². The van der Waals surface area contributed by atoms with Crippen molar-refractivity contribution in [3.8, 4) is 0 Å². The average molecular weight is 288 g/mol. The molecule has 2 N–H and O–H groups in total. The summed E-state index contributed by atoms with van der Waals surface area (Å²) < 4.78 is 36.9. The number of anilines is 1. The van der Waals surface area contributed by atoms with Crippen LogP contribution in [0.2, 0.25) is 0 Å². The van der Waals surface area contributed by atoms with Crippen LogP contribution in [0.25, 0.3) is 0 Å². The summed E-state index contributed by atoms with van der Waals surface area (Å²) in [7, 11) is 0. The van der Waals surface area contributed by atoms with Crippen molar-refractivity contribution in [3.05, 3.63) is 23.9 Å². The number of rotatable bonds is 2. The smallest absolute Gasteiger partial charge is 0.353 e. The molecule has 1 aliphatic rings. The van der Waals surface area contributed by atoms with Crippen LogP contribution in [-0.4, -0.2) is 48.1 Å². The number of hydrogen-bond donors (Lipinski definition) is 1. The Bertz CT molecular complexity index is 467. The minimum absolute atomic E-state index is 0.0403. The molecule has 1 fully saturated rings. The van der Waals surface area contributed by atoms with Crippen LogP contribution in [0.4, 0.5) is 19.0 Å². The first-order valence-electron chi connectivity index (χ1n) is 6.18. The maximum Gasteiger partial charge on any atom is 0.471 e. The van der Waals surface area contributed by atoms with Gasteiger partial charge < -0.3 is 15.5 Å². The topological polar surface area (TPSA) is 62.5 Å². The summed E-state index contributed by atoms with van der Waals surface area (Å²) in [6.45, 7) is 1.13. The maximum absolute atomic E-state index is 12.3. The van der Waals surface area contributed by atoms with Crippen molar-refractivity contribution in [2.75, 3.05) is 31.1 Å². The quantitative estimate of drug-likeness (QED) is 0.872. The molecule has 0 radical (unpaired) electrons. The van der Waals surface area contributed by atoms with E-state index in [9.17, 15) is 18.0 Å². The van der Waals surface area contributed by atoms with E-state index in [1.165, 1.54) is 0 Å². The minimum Gasteiger partial charge on any atom is -0.353 e. The number of amides is 1. The van der Waals surface area contributed by atoms with Crippen LogP contribution < -0.4 is 10.6 Å². The highest BCUT2D eigenvalue weighted by Crippen LogP contribution is 2.21. The zero-order chi connectivity index (χ0) is 14.8. The van der Waals surface area contributed by atoms with Crippen molar-refractivity contribution < 1.29 is 18.0 Å². The van der Waals surface area contributed by atoms with Crippen LogP contribution in [0.1, 0.15) is 5.56 Å². The molecule has 2 rings (SSSR count). The first-order valence-corrected chi connectivity index (χ1v) is 6.18. The summed E-state index contributed by atoms with van der Waals surface area (Å²) in [5, 5.41) is 0. The molecule has 0 atom stereocenters. The van der Waals surface area contributed by atoms with E-state index in [1.54, 1.807) is 12.3 Å². The van der Waals surface area contributed by atoms with Crippen LogP contribution in [0.5, 0.6) is 0 Å². The lowest BCUT2D eigenvalue weighted by Gasteiger charge is -2.35. The standard InChI is InChI=1S/C12H15F3N4O/c13-12(14,15)11(20)19-5-3-18(4-6-19)10-2-1-9(7-16)8-17-10/h1-2,8H,3-7,16H2. The number of nitrogens with zero attached hydrogens (tertiary/aromatic N) is 3. The normalized spacial score (nSPS) is 16.4. The van der Waals surface area contributed by atoms with Gasteiger partial charge in [0.1, 0.15) is 5.82 Å². The number of pyridine rings is 1. The van der Waals surface area contributed by atoms with Crippen molar-refractivity contribution >= 4 is 11.7 Å². The van der Waals surface area contributed by atoms with Crippen molar-refractivity contribution in [1.29, 1.82) is 0 Å². The molecule has 0 spiro atoms. The van der Waals surface area contributed by atoms with Gasteiger partial charge in [0.25, 0.3) is 0 Å². The molecule has 0 saturated carbocycles. The van der Waals surface area contributed by atoms with Crippen molar-refractivity contribution in [2.24, 2.45) is 5.73 Å². The van der Waals surface area contributed by atoms with Gasteiger partial charge in [0.15, 0.2) is 0 Å². The van der Waals surface area contributed by atoms with Gasteiger partial charge in [-0.05, 0) is 11.6 Å². The number of hydrogen-bond acceptors (Lipinski definition) is 4. The van der Waals surface area contributed by atoms with E-state index in [0.29, 0.717) is 25.5 Å². The van der Waals surface area contributed by atoms with E-state index >= 15 is 0 Å². The van der Waals surface area contributed by atoms with Gasteiger partial charge in [0.2, 0.25) is 0 Å². The van der Waals surface area contributed by atoms with Gasteiger partial charge in [0.05, 0.1) is 0 Å². The molecule has 5 nitrogen and oxygen atoms in total. The molecule has 0 bridgehead atoms. The van der Waals surface area contributed by atoms with Crippen molar-refractivity contribution in [1.82, 2.24) is 9.88 Å². The van der Waals surface area contributed by atoms with Gasteiger partial charge in [-0.2, -0.15) is 13.2 Å². The number of carbonyl (C=O) groups excluding carboxylic acids is 1. The number of piperazine rings is 1. The second kappa shape index (κ2) is 5.66. The molecule has 0 unspecified atom stereocenters. The Labute approximate surface area is 114 Å². The van der Waals surface area contributed by atoms with Gasteiger partial charge in [-0.3, -0.25) is 4.79 Å². The molecular formula is C12H15F3N4O. The number of carbonyl (C=O) groups is 1. The zero-order valence-electron chi connectivity index (χ0n) is 10.7. The first kappa shape index (κ1) is 14.6. The fraction of sp³-hybridized carbons (Fsp3) is 0.500. The third-order valence-corrected chi connectivity index (χ3v) is 3.18. The monoisotopic (exact) mass is 288 g/mol. The molecule has 0 aromatic carbocycles. The summed E-state index contributed by atoms with van der Waals surface area (Å²) >= 11 is 0. The second-order valence-electron chi connectivity index (χ2n) is 4.51. The van der Waals surface area contributed by atoms with Crippen LogP contribution in [-0.2, 0) is 11.3 Å². The molecule has 2 heterocycles. The molecule has 20 heavy (non-hydrogen) atoms. The molecule has 0 aliphatic carbocycles. The van der Waals surface area contributed by atoms with E-state index in [-0.39, 0.29) is 13.1 Å².